The van der Waals surface area contributed by atoms with E-state index in [1.807, 2.05) is 6.92 Å². The van der Waals surface area contributed by atoms with Gasteiger partial charge in [0.05, 0.1) is 18.0 Å². The number of morpholine rings is 1. The molecule has 0 spiro atoms. The zero-order valence-corrected chi connectivity index (χ0v) is 13.0. The minimum atomic E-state index is -0.201. The van der Waals surface area contributed by atoms with Crippen molar-refractivity contribution >= 4 is 22.9 Å². The number of aromatic nitrogens is 4. The van der Waals surface area contributed by atoms with Crippen LogP contribution in [0.15, 0.2) is 6.33 Å². The molecular formula is C14H22N6O. The van der Waals surface area contributed by atoms with E-state index < -0.39 is 0 Å². The van der Waals surface area contributed by atoms with Crippen LogP contribution in [0.2, 0.25) is 0 Å². The maximum absolute atomic E-state index is 5.97. The van der Waals surface area contributed by atoms with E-state index in [0.717, 1.165) is 31.0 Å². The van der Waals surface area contributed by atoms with Crippen LogP contribution in [0, 0.1) is 0 Å². The first-order chi connectivity index (χ1) is 9.98. The van der Waals surface area contributed by atoms with Gasteiger partial charge in [-0.15, -0.1) is 0 Å². The quantitative estimate of drug-likeness (QED) is 0.897. The van der Waals surface area contributed by atoms with Crippen molar-refractivity contribution in [2.24, 2.45) is 0 Å². The van der Waals surface area contributed by atoms with Gasteiger partial charge in [0.2, 0.25) is 5.95 Å². The largest absolute Gasteiger partial charge is 0.369 e. The third-order valence-corrected chi connectivity index (χ3v) is 3.47. The molecule has 21 heavy (non-hydrogen) atoms. The molecule has 0 amide bonds. The van der Waals surface area contributed by atoms with Crippen molar-refractivity contribution in [1.82, 2.24) is 19.9 Å². The molecule has 7 heteroatoms. The van der Waals surface area contributed by atoms with Crippen LogP contribution in [-0.2, 0) is 4.74 Å². The van der Waals surface area contributed by atoms with Crippen LogP contribution >= 0.6 is 0 Å². The Morgan fingerprint density at radius 1 is 1.48 bits per heavy atom. The molecule has 0 saturated carbocycles. The zero-order valence-electron chi connectivity index (χ0n) is 13.0. The average molecular weight is 290 g/mol. The van der Waals surface area contributed by atoms with E-state index in [1.165, 1.54) is 0 Å². The summed E-state index contributed by atoms with van der Waals surface area (Å²) >= 11 is 0. The molecule has 3 rings (SSSR count). The topological polar surface area (TPSA) is 79.0 Å². The lowest BCUT2D eigenvalue weighted by Gasteiger charge is -2.42. The van der Waals surface area contributed by atoms with Crippen LogP contribution in [0.25, 0.3) is 11.2 Å². The molecule has 1 aliphatic heterocycles. The third kappa shape index (κ3) is 2.78. The molecule has 3 heterocycles. The fraction of sp³-hybridized carbons (Fsp3) is 0.643. The van der Waals surface area contributed by atoms with Gasteiger partial charge < -0.3 is 19.9 Å². The molecule has 1 unspecified atom stereocenters. The van der Waals surface area contributed by atoms with Gasteiger partial charge in [0.1, 0.15) is 5.52 Å². The SMILES string of the molecule is CCNc1nc(N2CC(C)OC(C)(C)C2)c2[nH]cnc2n1. The van der Waals surface area contributed by atoms with Crippen molar-refractivity contribution in [3.8, 4) is 0 Å². The Bertz CT molecular complexity index is 637. The number of ether oxygens (including phenoxy) is 1. The molecular weight excluding hydrogens is 268 g/mol. The van der Waals surface area contributed by atoms with Crippen molar-refractivity contribution in [1.29, 1.82) is 0 Å². The lowest BCUT2D eigenvalue weighted by Crippen LogP contribution is -2.52. The van der Waals surface area contributed by atoms with E-state index in [0.29, 0.717) is 11.6 Å². The van der Waals surface area contributed by atoms with Gasteiger partial charge in [-0.25, -0.2) is 4.98 Å². The monoisotopic (exact) mass is 290 g/mol. The van der Waals surface area contributed by atoms with Gasteiger partial charge >= 0.3 is 0 Å². The van der Waals surface area contributed by atoms with Gasteiger partial charge in [-0.2, -0.15) is 9.97 Å². The summed E-state index contributed by atoms with van der Waals surface area (Å²) in [5.74, 6) is 1.50. The van der Waals surface area contributed by atoms with Crippen molar-refractivity contribution < 1.29 is 4.74 Å². The highest BCUT2D eigenvalue weighted by atomic mass is 16.5. The lowest BCUT2D eigenvalue weighted by molar-refractivity contribution is -0.0751. The second-order valence-electron chi connectivity index (χ2n) is 6.07. The molecule has 2 aromatic rings. The molecule has 1 fully saturated rings. The molecule has 1 aliphatic rings. The van der Waals surface area contributed by atoms with Crippen LogP contribution in [0.1, 0.15) is 27.7 Å². The molecule has 7 nitrogen and oxygen atoms in total. The summed E-state index contributed by atoms with van der Waals surface area (Å²) in [6.45, 7) is 10.7. The standard InChI is InChI=1S/C14H22N6O/c1-5-15-13-18-11-10(16-8-17-11)12(19-13)20-6-9(2)21-14(3,4)7-20/h8-9H,5-7H2,1-4H3,(H2,15,16,17,18,19). The first-order valence-corrected chi connectivity index (χ1v) is 7.36. The van der Waals surface area contributed by atoms with Crippen molar-refractivity contribution in [2.75, 3.05) is 29.9 Å². The predicted octanol–water partition coefficient (Wildman–Crippen LogP) is 1.79. The third-order valence-electron chi connectivity index (χ3n) is 3.47. The zero-order chi connectivity index (χ0) is 15.0. The number of imidazole rings is 1. The van der Waals surface area contributed by atoms with Gasteiger partial charge in [-0.1, -0.05) is 0 Å². The van der Waals surface area contributed by atoms with Gasteiger partial charge in [0.25, 0.3) is 0 Å². The van der Waals surface area contributed by atoms with E-state index in [4.69, 9.17) is 4.74 Å². The van der Waals surface area contributed by atoms with Crippen molar-refractivity contribution in [3.63, 3.8) is 0 Å². The number of aromatic amines is 1. The Kier molecular flexibility index (Phi) is 3.44. The maximum atomic E-state index is 5.97. The van der Waals surface area contributed by atoms with Crippen LogP contribution in [0.3, 0.4) is 0 Å². The predicted molar refractivity (Wildman–Crippen MR) is 82.7 cm³/mol. The second kappa shape index (κ2) is 5.14. The van der Waals surface area contributed by atoms with E-state index >= 15 is 0 Å². The number of anilines is 2. The number of hydrogen-bond donors (Lipinski definition) is 2. The summed E-state index contributed by atoms with van der Waals surface area (Å²) in [6, 6.07) is 0. The van der Waals surface area contributed by atoms with Gasteiger partial charge in [-0.3, -0.25) is 0 Å². The smallest absolute Gasteiger partial charge is 0.226 e. The van der Waals surface area contributed by atoms with Crippen LogP contribution < -0.4 is 10.2 Å². The normalized spacial score (nSPS) is 21.7. The highest BCUT2D eigenvalue weighted by molar-refractivity contribution is 5.84. The summed E-state index contributed by atoms with van der Waals surface area (Å²) in [6.07, 6.45) is 1.82. The van der Waals surface area contributed by atoms with Crippen molar-refractivity contribution in [3.05, 3.63) is 6.33 Å². The summed E-state index contributed by atoms with van der Waals surface area (Å²) in [5.41, 5.74) is 1.36. The second-order valence-corrected chi connectivity index (χ2v) is 6.07. The Morgan fingerprint density at radius 2 is 2.29 bits per heavy atom. The summed E-state index contributed by atoms with van der Waals surface area (Å²) < 4.78 is 5.97. The minimum absolute atomic E-state index is 0.157. The Hall–Kier alpha value is -1.89. The Balaban J connectivity index is 2.03. The van der Waals surface area contributed by atoms with E-state index in [9.17, 15) is 0 Å². The number of rotatable bonds is 3. The molecule has 0 aromatic carbocycles. The van der Waals surface area contributed by atoms with Gasteiger partial charge in [0, 0.05) is 19.6 Å². The fourth-order valence-corrected chi connectivity index (χ4v) is 2.90. The van der Waals surface area contributed by atoms with Crippen LogP contribution in [0.5, 0.6) is 0 Å². The first-order valence-electron chi connectivity index (χ1n) is 7.36. The molecule has 1 saturated heterocycles. The molecule has 1 atom stereocenters. The first kappa shape index (κ1) is 14.1. The summed E-state index contributed by atoms with van der Waals surface area (Å²) in [5, 5.41) is 3.17. The average Bonchev–Trinajstić information content (AvgIpc) is 2.83. The number of hydrogen-bond acceptors (Lipinski definition) is 6. The highest BCUT2D eigenvalue weighted by Gasteiger charge is 2.33. The fourth-order valence-electron chi connectivity index (χ4n) is 2.90. The lowest BCUT2D eigenvalue weighted by atomic mass is 10.1. The highest BCUT2D eigenvalue weighted by Crippen LogP contribution is 2.29. The molecule has 114 valence electrons. The summed E-state index contributed by atoms with van der Waals surface area (Å²) in [7, 11) is 0. The summed E-state index contributed by atoms with van der Waals surface area (Å²) in [4.78, 5) is 18.7. The van der Waals surface area contributed by atoms with E-state index in [2.05, 4.69) is 50.9 Å². The molecule has 2 aromatic heterocycles. The minimum Gasteiger partial charge on any atom is -0.369 e. The van der Waals surface area contributed by atoms with Gasteiger partial charge in [0.15, 0.2) is 11.5 Å². The Morgan fingerprint density at radius 3 is 3.00 bits per heavy atom. The number of nitrogens with one attached hydrogen (secondary N) is 2. The van der Waals surface area contributed by atoms with Crippen molar-refractivity contribution in [2.45, 2.75) is 39.4 Å². The number of fused-ring (bicyclic) bond motifs is 1. The van der Waals surface area contributed by atoms with E-state index in [-0.39, 0.29) is 11.7 Å². The number of nitrogens with zero attached hydrogens (tertiary/aromatic N) is 4. The number of H-pyrrole nitrogens is 1. The van der Waals surface area contributed by atoms with Gasteiger partial charge in [-0.05, 0) is 27.7 Å². The Labute approximate surface area is 124 Å². The van der Waals surface area contributed by atoms with Crippen LogP contribution in [-0.4, -0.2) is 51.3 Å². The molecule has 0 bridgehead atoms. The maximum Gasteiger partial charge on any atom is 0.226 e. The van der Waals surface area contributed by atoms with Crippen LogP contribution in [0.4, 0.5) is 11.8 Å². The molecule has 2 N–H and O–H groups in total. The molecule has 0 radical (unpaired) electrons. The van der Waals surface area contributed by atoms with E-state index in [1.54, 1.807) is 6.33 Å². The molecule has 0 aliphatic carbocycles.